The maximum Gasteiger partial charge on any atom is 0.264 e. The first-order valence-corrected chi connectivity index (χ1v) is 14.4. The lowest BCUT2D eigenvalue weighted by Gasteiger charge is -2.33. The molecule has 0 N–H and O–H groups in total. The molecule has 11 heteroatoms. The first-order valence-electron chi connectivity index (χ1n) is 11.8. The number of hydrogen-bond acceptors (Lipinski definition) is 6. The van der Waals surface area contributed by atoms with Crippen molar-refractivity contribution in [2.24, 2.45) is 0 Å². The quantitative estimate of drug-likeness (QED) is 0.327. The molecule has 0 unspecified atom stereocenters. The Morgan fingerprint density at radius 2 is 1.70 bits per heavy atom. The number of aryl methyl sites for hydroxylation is 1. The van der Waals surface area contributed by atoms with Crippen LogP contribution in [0.5, 0.6) is 0 Å². The van der Waals surface area contributed by atoms with E-state index in [1.165, 1.54) is 46.8 Å². The van der Waals surface area contributed by atoms with Crippen LogP contribution in [0.1, 0.15) is 38.2 Å². The van der Waals surface area contributed by atoms with Gasteiger partial charge in [0.1, 0.15) is 4.83 Å². The molecule has 0 bridgehead atoms. The van der Waals surface area contributed by atoms with E-state index < -0.39 is 10.0 Å². The zero-order valence-corrected chi connectivity index (χ0v) is 22.7. The lowest BCUT2D eigenvalue weighted by Crippen LogP contribution is -2.50. The largest absolute Gasteiger partial charge is 0.335 e. The highest BCUT2D eigenvalue weighted by Gasteiger charge is 2.31. The van der Waals surface area contributed by atoms with E-state index in [0.29, 0.717) is 35.1 Å². The van der Waals surface area contributed by atoms with Crippen LogP contribution in [-0.2, 0) is 16.6 Å². The fraction of sp³-hybridized carbons (Fsp3) is 0.269. The SMILES string of the molecule is CC(=O)c1ccc(S(=O)(=O)N2CCN(C(=O)c3cc4c(C)nn(Cc5ccccc5Cl)c4s3)CC2)cc1. The number of ketones is 1. The Morgan fingerprint density at radius 1 is 1.03 bits per heavy atom. The number of Topliss-reactive ketones (excluding diaryl/α,β-unsaturated/α-hetero) is 1. The molecule has 8 nitrogen and oxygen atoms in total. The van der Waals surface area contributed by atoms with Crippen molar-refractivity contribution in [2.75, 3.05) is 26.2 Å². The van der Waals surface area contributed by atoms with E-state index in [0.717, 1.165) is 21.5 Å². The summed E-state index contributed by atoms with van der Waals surface area (Å²) in [6, 6.07) is 15.4. The van der Waals surface area contributed by atoms with E-state index in [1.807, 2.05) is 41.9 Å². The predicted molar refractivity (Wildman–Crippen MR) is 144 cm³/mol. The fourth-order valence-corrected chi connectivity index (χ4v) is 7.16. The number of carbonyl (C=O) groups is 2. The summed E-state index contributed by atoms with van der Waals surface area (Å²) in [6.07, 6.45) is 0. The topological polar surface area (TPSA) is 92.6 Å². The molecule has 1 aliphatic heterocycles. The Balaban J connectivity index is 1.29. The molecule has 3 heterocycles. The summed E-state index contributed by atoms with van der Waals surface area (Å²) < 4.78 is 29.4. The smallest absolute Gasteiger partial charge is 0.264 e. The minimum absolute atomic E-state index is 0.118. The Bertz CT molecular complexity index is 1600. The normalized spacial score (nSPS) is 14.8. The number of nitrogens with zero attached hydrogens (tertiary/aromatic N) is 4. The minimum atomic E-state index is -3.71. The molecule has 192 valence electrons. The molecule has 4 aromatic rings. The Labute approximate surface area is 224 Å². The number of aromatic nitrogens is 2. The van der Waals surface area contributed by atoms with Gasteiger partial charge >= 0.3 is 0 Å². The molecule has 1 aliphatic rings. The van der Waals surface area contributed by atoms with Gasteiger partial charge < -0.3 is 4.90 Å². The first-order chi connectivity index (χ1) is 17.6. The predicted octanol–water partition coefficient (Wildman–Crippen LogP) is 4.46. The highest BCUT2D eigenvalue weighted by Crippen LogP contribution is 2.31. The monoisotopic (exact) mass is 556 g/mol. The number of hydrogen-bond donors (Lipinski definition) is 0. The van der Waals surface area contributed by atoms with E-state index in [-0.39, 0.29) is 29.7 Å². The van der Waals surface area contributed by atoms with Crippen molar-refractivity contribution < 1.29 is 18.0 Å². The van der Waals surface area contributed by atoms with E-state index in [4.69, 9.17) is 11.6 Å². The fourth-order valence-electron chi connectivity index (χ4n) is 4.41. The summed E-state index contributed by atoms with van der Waals surface area (Å²) in [5.74, 6) is -0.239. The summed E-state index contributed by atoms with van der Waals surface area (Å²) in [4.78, 5) is 28.1. The number of fused-ring (bicyclic) bond motifs is 1. The first kappa shape index (κ1) is 25.6. The van der Waals surface area contributed by atoms with Crippen molar-refractivity contribution in [2.45, 2.75) is 25.3 Å². The number of carbonyl (C=O) groups excluding carboxylic acids is 2. The average molecular weight is 557 g/mol. The molecule has 0 radical (unpaired) electrons. The van der Waals surface area contributed by atoms with Gasteiger partial charge in [0.25, 0.3) is 5.91 Å². The van der Waals surface area contributed by atoms with E-state index in [1.54, 1.807) is 4.90 Å². The molecule has 1 fully saturated rings. The van der Waals surface area contributed by atoms with Crippen LogP contribution in [0.4, 0.5) is 0 Å². The molecular weight excluding hydrogens is 532 g/mol. The van der Waals surface area contributed by atoms with Gasteiger partial charge in [-0.3, -0.25) is 14.3 Å². The van der Waals surface area contributed by atoms with Crippen molar-refractivity contribution in [3.8, 4) is 0 Å². The van der Waals surface area contributed by atoms with E-state index >= 15 is 0 Å². The number of thiophene rings is 1. The number of sulfonamides is 1. The van der Waals surface area contributed by atoms with Gasteiger partial charge in [-0.2, -0.15) is 9.40 Å². The van der Waals surface area contributed by atoms with Gasteiger partial charge in [-0.25, -0.2) is 8.42 Å². The van der Waals surface area contributed by atoms with Crippen molar-refractivity contribution in [1.82, 2.24) is 19.0 Å². The molecule has 5 rings (SSSR count). The van der Waals surface area contributed by atoms with Crippen LogP contribution in [0.3, 0.4) is 0 Å². The summed E-state index contributed by atoms with van der Waals surface area (Å²) >= 11 is 7.72. The Hall–Kier alpha value is -3.05. The highest BCUT2D eigenvalue weighted by atomic mass is 35.5. The summed E-state index contributed by atoms with van der Waals surface area (Å²) in [7, 11) is -3.71. The van der Waals surface area contributed by atoms with Gasteiger partial charge in [0.05, 0.1) is 22.0 Å². The number of amides is 1. The highest BCUT2D eigenvalue weighted by molar-refractivity contribution is 7.89. The second kappa shape index (κ2) is 10.0. The van der Waals surface area contributed by atoms with Crippen molar-refractivity contribution in [1.29, 1.82) is 0 Å². The van der Waals surface area contributed by atoms with Crippen LogP contribution in [-0.4, -0.2) is 65.3 Å². The van der Waals surface area contributed by atoms with Gasteiger partial charge in [-0.05, 0) is 43.7 Å². The molecular formula is C26H25ClN4O4S2. The molecule has 2 aromatic heterocycles. The van der Waals surface area contributed by atoms with Crippen LogP contribution < -0.4 is 0 Å². The Kier molecular flexibility index (Phi) is 6.93. The standard InChI is InChI=1S/C26H25ClN4O4S2/c1-17-22-15-24(36-26(22)31(28-17)16-20-5-3-4-6-23(20)27)25(33)29-11-13-30(14-12-29)37(34,35)21-9-7-19(8-10-21)18(2)32/h3-10,15H,11-14,16H2,1-2H3. The van der Waals surface area contributed by atoms with Crippen LogP contribution in [0.2, 0.25) is 5.02 Å². The summed E-state index contributed by atoms with van der Waals surface area (Å²) in [6.45, 7) is 4.85. The van der Waals surface area contributed by atoms with E-state index in [9.17, 15) is 18.0 Å². The number of halogens is 1. The van der Waals surface area contributed by atoms with Gasteiger partial charge in [-0.1, -0.05) is 41.9 Å². The number of benzene rings is 2. The summed E-state index contributed by atoms with van der Waals surface area (Å²) in [5, 5.41) is 6.22. The van der Waals surface area contributed by atoms with Crippen molar-refractivity contribution in [3.05, 3.63) is 81.3 Å². The lowest BCUT2D eigenvalue weighted by molar-refractivity contribution is 0.0702. The minimum Gasteiger partial charge on any atom is -0.335 e. The molecule has 0 saturated carbocycles. The Morgan fingerprint density at radius 3 is 2.35 bits per heavy atom. The molecule has 2 aromatic carbocycles. The lowest BCUT2D eigenvalue weighted by atomic mass is 10.2. The maximum atomic E-state index is 13.3. The zero-order chi connectivity index (χ0) is 26.3. The molecule has 0 spiro atoms. The third kappa shape index (κ3) is 4.94. The second-order valence-corrected chi connectivity index (χ2v) is 12.3. The molecule has 37 heavy (non-hydrogen) atoms. The summed E-state index contributed by atoms with van der Waals surface area (Å²) in [5.41, 5.74) is 2.25. The van der Waals surface area contributed by atoms with Gasteiger partial charge in [0.15, 0.2) is 5.78 Å². The van der Waals surface area contributed by atoms with Gasteiger partial charge in [-0.15, -0.1) is 11.3 Å². The maximum absolute atomic E-state index is 13.3. The molecule has 0 atom stereocenters. The number of piperazine rings is 1. The molecule has 0 aliphatic carbocycles. The van der Waals surface area contributed by atoms with Crippen LogP contribution in [0, 0.1) is 6.92 Å². The average Bonchev–Trinajstić information content (AvgIpc) is 3.46. The number of rotatable bonds is 6. The third-order valence-corrected chi connectivity index (χ3v) is 9.94. The van der Waals surface area contributed by atoms with Crippen LogP contribution in [0.15, 0.2) is 59.5 Å². The third-order valence-electron chi connectivity index (χ3n) is 6.52. The van der Waals surface area contributed by atoms with Gasteiger partial charge in [0.2, 0.25) is 10.0 Å². The van der Waals surface area contributed by atoms with Crippen LogP contribution >= 0.6 is 22.9 Å². The molecule has 1 saturated heterocycles. The van der Waals surface area contributed by atoms with Crippen molar-refractivity contribution >= 4 is 54.9 Å². The van der Waals surface area contributed by atoms with Gasteiger partial charge in [0, 0.05) is 42.2 Å². The molecule has 1 amide bonds. The van der Waals surface area contributed by atoms with Crippen molar-refractivity contribution in [3.63, 3.8) is 0 Å². The zero-order valence-electron chi connectivity index (χ0n) is 20.3. The van der Waals surface area contributed by atoms with E-state index in [2.05, 4.69) is 5.10 Å². The van der Waals surface area contributed by atoms with Crippen LogP contribution in [0.25, 0.3) is 10.2 Å². The second-order valence-electron chi connectivity index (χ2n) is 8.94.